The van der Waals surface area contributed by atoms with Gasteiger partial charge in [-0.3, -0.25) is 9.59 Å². The molecule has 6 rings (SSSR count). The molecule has 0 spiro atoms. The first-order valence-electron chi connectivity index (χ1n) is 12.3. The fourth-order valence-corrected chi connectivity index (χ4v) is 5.54. The second-order valence-corrected chi connectivity index (χ2v) is 9.77. The van der Waals surface area contributed by atoms with Crippen LogP contribution in [-0.2, 0) is 0 Å². The Morgan fingerprint density at radius 1 is 1.33 bits per heavy atom. The minimum Gasteiger partial charge on any atom is -0.492 e. The largest absolute Gasteiger partial charge is 0.492 e. The van der Waals surface area contributed by atoms with Crippen LogP contribution < -0.4 is 25.8 Å². The zero-order chi connectivity index (χ0) is 24.8. The molecule has 3 aliphatic rings. The summed E-state index contributed by atoms with van der Waals surface area (Å²) in [6, 6.07) is 3.38. The fraction of sp³-hybridized carbons (Fsp3) is 0.423. The number of halogens is 1. The normalized spacial score (nSPS) is 21.8. The quantitative estimate of drug-likeness (QED) is 0.405. The van der Waals surface area contributed by atoms with Gasteiger partial charge in [0.25, 0.3) is 5.91 Å². The van der Waals surface area contributed by atoms with E-state index in [0.717, 1.165) is 38.8 Å². The smallest absolute Gasteiger partial charge is 0.276 e. The summed E-state index contributed by atoms with van der Waals surface area (Å²) in [5.74, 6) is -0.377. The number of nitrogens with zero attached hydrogens (tertiary/aromatic N) is 3. The van der Waals surface area contributed by atoms with Crippen LogP contribution in [0.15, 0.2) is 45.2 Å². The fourth-order valence-electron chi connectivity index (χ4n) is 5.54. The third-order valence-electron chi connectivity index (χ3n) is 7.43. The number of carbonyl (C=O) groups is 1. The van der Waals surface area contributed by atoms with Crippen LogP contribution in [0.3, 0.4) is 0 Å². The Morgan fingerprint density at radius 3 is 2.92 bits per heavy atom. The molecule has 36 heavy (non-hydrogen) atoms. The van der Waals surface area contributed by atoms with E-state index >= 15 is 4.39 Å². The van der Waals surface area contributed by atoms with Crippen molar-refractivity contribution in [2.45, 2.75) is 37.8 Å². The van der Waals surface area contributed by atoms with Crippen LogP contribution in [0.5, 0.6) is 5.75 Å². The number of nitrogens with one attached hydrogen (secondary N) is 2. The second kappa shape index (κ2) is 9.09. The summed E-state index contributed by atoms with van der Waals surface area (Å²) in [7, 11) is 1.51. The van der Waals surface area contributed by atoms with Crippen molar-refractivity contribution in [3.63, 3.8) is 0 Å². The third kappa shape index (κ3) is 3.95. The van der Waals surface area contributed by atoms with Crippen molar-refractivity contribution in [1.82, 2.24) is 15.3 Å². The van der Waals surface area contributed by atoms with Crippen molar-refractivity contribution < 1.29 is 18.3 Å². The highest BCUT2D eigenvalue weighted by Gasteiger charge is 2.38. The van der Waals surface area contributed by atoms with Gasteiger partial charge in [-0.15, -0.1) is 0 Å². The molecule has 0 bridgehead atoms. The number of hydrogen-bond acceptors (Lipinski definition) is 7. The van der Waals surface area contributed by atoms with E-state index in [4.69, 9.17) is 9.15 Å². The van der Waals surface area contributed by atoms with Gasteiger partial charge in [0.15, 0.2) is 11.6 Å². The maximum atomic E-state index is 15.7. The number of hydrogen-bond donors (Lipinski definition) is 2. The van der Waals surface area contributed by atoms with Crippen molar-refractivity contribution in [1.29, 1.82) is 0 Å². The molecule has 3 fully saturated rings. The molecule has 188 valence electrons. The first-order chi connectivity index (χ1) is 17.5. The number of pyridine rings is 1. The van der Waals surface area contributed by atoms with E-state index in [-0.39, 0.29) is 17.0 Å². The van der Waals surface area contributed by atoms with Crippen LogP contribution >= 0.6 is 0 Å². The maximum Gasteiger partial charge on any atom is 0.276 e. The van der Waals surface area contributed by atoms with E-state index in [9.17, 15) is 9.59 Å². The minimum atomic E-state index is -0.658. The highest BCUT2D eigenvalue weighted by molar-refractivity contribution is 6.00. The molecule has 0 radical (unpaired) electrons. The molecule has 10 heteroatoms. The number of carbonyl (C=O) groups excluding carboxylic acids is 1. The molecule has 4 heterocycles. The first-order valence-corrected chi connectivity index (χ1v) is 12.3. The predicted octanol–water partition coefficient (Wildman–Crippen LogP) is 3.03. The number of furan rings is 1. The number of amides is 1. The van der Waals surface area contributed by atoms with Crippen LogP contribution in [0, 0.1) is 11.7 Å². The number of hydrazone groups is 1. The van der Waals surface area contributed by atoms with Crippen LogP contribution in [0.2, 0.25) is 0 Å². The molecule has 1 saturated carbocycles. The molecule has 1 aliphatic carbocycles. The van der Waals surface area contributed by atoms with Crippen molar-refractivity contribution in [2.24, 2.45) is 11.0 Å². The zero-order valence-electron chi connectivity index (χ0n) is 20.0. The van der Waals surface area contributed by atoms with Crippen molar-refractivity contribution in [3.8, 4) is 5.75 Å². The molecule has 2 unspecified atom stereocenters. The Bertz CT molecular complexity index is 1380. The summed E-state index contributed by atoms with van der Waals surface area (Å²) in [5.41, 5.74) is 3.33. The number of rotatable bonds is 6. The average Bonchev–Trinajstić information content (AvgIpc) is 3.41. The van der Waals surface area contributed by atoms with Crippen LogP contribution in [0.4, 0.5) is 10.1 Å². The molecular formula is C26H28FN5O4. The summed E-state index contributed by atoms with van der Waals surface area (Å²) in [6.45, 7) is 2.40. The number of fused-ring (bicyclic) bond motifs is 2. The highest BCUT2D eigenvalue weighted by atomic mass is 19.1. The lowest BCUT2D eigenvalue weighted by atomic mass is 9.94. The van der Waals surface area contributed by atoms with Crippen molar-refractivity contribution in [2.75, 3.05) is 31.6 Å². The number of benzene rings is 1. The lowest BCUT2D eigenvalue weighted by molar-refractivity contribution is 0.0953. The van der Waals surface area contributed by atoms with Crippen LogP contribution in [0.25, 0.3) is 10.9 Å². The Kier molecular flexibility index (Phi) is 5.75. The highest BCUT2D eigenvalue weighted by Crippen LogP contribution is 2.45. The van der Waals surface area contributed by atoms with Crippen molar-refractivity contribution >= 4 is 28.7 Å². The van der Waals surface area contributed by atoms with Gasteiger partial charge in [0.1, 0.15) is 11.3 Å². The summed E-state index contributed by atoms with van der Waals surface area (Å²) in [6.07, 6.45) is 9.98. The maximum absolute atomic E-state index is 15.7. The number of methoxy groups -OCH3 is 1. The molecule has 2 N–H and O–H groups in total. The molecule has 2 saturated heterocycles. The summed E-state index contributed by atoms with van der Waals surface area (Å²) < 4.78 is 28.4. The Hall–Kier alpha value is -3.66. The molecule has 2 aromatic heterocycles. The zero-order valence-corrected chi connectivity index (χ0v) is 20.0. The van der Waals surface area contributed by atoms with Gasteiger partial charge in [-0.05, 0) is 50.3 Å². The average molecular weight is 494 g/mol. The lowest BCUT2D eigenvalue weighted by Gasteiger charge is -2.25. The monoisotopic (exact) mass is 493 g/mol. The number of anilines is 1. The summed E-state index contributed by atoms with van der Waals surface area (Å²) in [5, 5.41) is 7.58. The van der Waals surface area contributed by atoms with Gasteiger partial charge in [0.2, 0.25) is 5.43 Å². The van der Waals surface area contributed by atoms with E-state index in [1.807, 2.05) is 9.47 Å². The second-order valence-electron chi connectivity index (χ2n) is 9.77. The van der Waals surface area contributed by atoms with Crippen molar-refractivity contribution in [3.05, 3.63) is 58.0 Å². The molecule has 1 amide bonds. The summed E-state index contributed by atoms with van der Waals surface area (Å²) in [4.78, 5) is 28.4. The van der Waals surface area contributed by atoms with E-state index in [1.165, 1.54) is 31.9 Å². The van der Waals surface area contributed by atoms with Crippen LogP contribution in [-0.4, -0.2) is 49.5 Å². The Labute approximate surface area is 206 Å². The number of ether oxygens (including phenoxy) is 1. The van der Waals surface area contributed by atoms with Gasteiger partial charge in [-0.25, -0.2) is 9.82 Å². The molecule has 2 atom stereocenters. The van der Waals surface area contributed by atoms with Gasteiger partial charge in [-0.2, -0.15) is 5.10 Å². The lowest BCUT2D eigenvalue weighted by Crippen LogP contribution is -2.40. The Balaban J connectivity index is 1.42. The van der Waals surface area contributed by atoms with E-state index in [1.54, 1.807) is 12.3 Å². The van der Waals surface area contributed by atoms with Gasteiger partial charge >= 0.3 is 0 Å². The minimum absolute atomic E-state index is 0.0932. The third-order valence-corrected chi connectivity index (χ3v) is 7.43. The molecule has 9 nitrogen and oxygen atoms in total. The molecule has 3 aromatic rings. The van der Waals surface area contributed by atoms with Gasteiger partial charge in [0, 0.05) is 36.9 Å². The molecule has 1 aromatic carbocycles. The van der Waals surface area contributed by atoms with E-state index < -0.39 is 17.2 Å². The standard InChI is InChI=1S/C26H28FN5O4/c1-35-25-22-18(9-20(27)23(25)31-11-16-3-2-7-28-21(16)13-31)24(33)19(12-32(22)17-4-5-17)26(34)30-29-10-15-6-8-36-14-15/h6,8-10,12,14,16-17,21,28H,2-5,7,11,13H2,1H3,(H,30,34)/b29-10+. The van der Waals surface area contributed by atoms with Gasteiger partial charge in [0.05, 0.1) is 36.8 Å². The van der Waals surface area contributed by atoms with Crippen LogP contribution in [0.1, 0.15) is 47.6 Å². The topological polar surface area (TPSA) is 101 Å². The van der Waals surface area contributed by atoms with Gasteiger partial charge in [-0.1, -0.05) is 0 Å². The van der Waals surface area contributed by atoms with E-state index in [2.05, 4.69) is 15.8 Å². The Morgan fingerprint density at radius 2 is 2.19 bits per heavy atom. The van der Waals surface area contributed by atoms with Gasteiger partial charge < -0.3 is 23.9 Å². The predicted molar refractivity (Wildman–Crippen MR) is 133 cm³/mol. The van der Waals surface area contributed by atoms with E-state index in [0.29, 0.717) is 41.0 Å². The number of piperidine rings is 1. The summed E-state index contributed by atoms with van der Waals surface area (Å²) >= 11 is 0. The first kappa shape index (κ1) is 22.8. The SMILES string of the molecule is COc1c(N2CC3CCCNC3C2)c(F)cc2c(=O)c(C(=O)N/N=C/c3ccoc3)cn(C3CC3)c12. The molecular weight excluding hydrogens is 465 g/mol. The number of aromatic nitrogens is 1. The molecule has 2 aliphatic heterocycles.